The maximum absolute atomic E-state index is 6.27. The Morgan fingerprint density at radius 1 is 0.765 bits per heavy atom. The first-order valence-electron chi connectivity index (χ1n) is 11.8. The van der Waals surface area contributed by atoms with Crippen molar-refractivity contribution in [1.82, 2.24) is 0 Å². The van der Waals surface area contributed by atoms with Gasteiger partial charge < -0.3 is 13.7 Å². The van der Waals surface area contributed by atoms with E-state index in [9.17, 15) is 0 Å². The van der Waals surface area contributed by atoms with Crippen LogP contribution in [0.25, 0.3) is 44.2 Å². The van der Waals surface area contributed by atoms with Crippen LogP contribution >= 0.6 is 0 Å². The van der Waals surface area contributed by atoms with Crippen LogP contribution in [0, 0.1) is 0 Å². The summed E-state index contributed by atoms with van der Waals surface area (Å²) in [6, 6.07) is 31.6. The Morgan fingerprint density at radius 2 is 1.44 bits per heavy atom. The first-order chi connectivity index (χ1) is 16.5. The second-order valence-corrected chi connectivity index (χ2v) is 9.29. The maximum Gasteiger partial charge on any atom is 0.494 e. The highest BCUT2D eigenvalue weighted by atomic mass is 16.6. The lowest BCUT2D eigenvalue weighted by Gasteiger charge is -2.27. The largest absolute Gasteiger partial charge is 0.494 e. The van der Waals surface area contributed by atoms with Crippen molar-refractivity contribution >= 4 is 34.5 Å². The summed E-state index contributed by atoms with van der Waals surface area (Å²) in [6.07, 6.45) is 0.905. The van der Waals surface area contributed by atoms with Gasteiger partial charge in [0, 0.05) is 29.0 Å². The van der Waals surface area contributed by atoms with E-state index in [4.69, 9.17) is 13.7 Å². The monoisotopic (exact) mass is 448 g/mol. The van der Waals surface area contributed by atoms with Gasteiger partial charge in [-0.3, -0.25) is 0 Å². The van der Waals surface area contributed by atoms with Crippen molar-refractivity contribution in [3.05, 3.63) is 91.0 Å². The highest BCUT2D eigenvalue weighted by Crippen LogP contribution is 2.36. The lowest BCUT2D eigenvalue weighted by molar-refractivity contribution is 0.0765. The molecule has 4 heteroatoms. The zero-order chi connectivity index (χ0) is 23.7. The van der Waals surface area contributed by atoms with Crippen molar-refractivity contribution in [2.45, 2.75) is 32.8 Å². The van der Waals surface area contributed by atoms with Crippen LogP contribution in [0.2, 0.25) is 0 Å². The van der Waals surface area contributed by atoms with Crippen LogP contribution in [0.15, 0.2) is 95.4 Å². The zero-order valence-electron chi connectivity index (χ0n) is 20.2. The third-order valence-electron chi connectivity index (χ3n) is 6.56. The second-order valence-electron chi connectivity index (χ2n) is 9.29. The summed E-state index contributed by atoms with van der Waals surface area (Å²) in [4.78, 5) is 0. The van der Waals surface area contributed by atoms with Gasteiger partial charge in [-0.15, -0.1) is 0 Å². The van der Waals surface area contributed by atoms with Crippen molar-refractivity contribution in [3.63, 3.8) is 0 Å². The molecule has 0 unspecified atom stereocenters. The first kappa shape index (κ1) is 22.5. The van der Waals surface area contributed by atoms with Gasteiger partial charge in [-0.2, -0.15) is 0 Å². The smallest absolute Gasteiger partial charge is 0.455 e. The van der Waals surface area contributed by atoms with Gasteiger partial charge in [-0.05, 0) is 54.6 Å². The number of hydrogen-bond acceptors (Lipinski definition) is 3. The van der Waals surface area contributed by atoms with E-state index in [1.165, 1.54) is 0 Å². The van der Waals surface area contributed by atoms with Crippen LogP contribution in [0.5, 0.6) is 0 Å². The Bertz CT molecular complexity index is 1450. The molecule has 1 aromatic heterocycles. The molecule has 0 aliphatic heterocycles. The van der Waals surface area contributed by atoms with E-state index in [1.807, 2.05) is 12.1 Å². The van der Waals surface area contributed by atoms with Crippen molar-refractivity contribution in [1.29, 1.82) is 0 Å². The van der Waals surface area contributed by atoms with Crippen molar-refractivity contribution in [2.24, 2.45) is 0 Å². The molecule has 170 valence electrons. The molecule has 1 heterocycles. The molecular weight excluding hydrogens is 419 g/mol. The zero-order valence-corrected chi connectivity index (χ0v) is 20.2. The number of furan rings is 1. The second kappa shape index (κ2) is 9.13. The molecule has 0 N–H and O–H groups in total. The van der Waals surface area contributed by atoms with Crippen LogP contribution in [0.1, 0.15) is 27.2 Å². The number of fused-ring (bicyclic) bond motifs is 3. The van der Waals surface area contributed by atoms with Crippen LogP contribution in [-0.2, 0) is 9.31 Å². The SMILES string of the molecule is CCC(C)(C)OB(OC)c1cccc(-c2cccc(-c3cccc4c3oc3ccccc34)c2)c1. The fourth-order valence-electron chi connectivity index (χ4n) is 4.33. The molecule has 0 aliphatic rings. The fourth-order valence-corrected chi connectivity index (χ4v) is 4.33. The van der Waals surface area contributed by atoms with E-state index >= 15 is 0 Å². The van der Waals surface area contributed by atoms with Gasteiger partial charge in [0.15, 0.2) is 0 Å². The summed E-state index contributed by atoms with van der Waals surface area (Å²) in [5.41, 5.74) is 7.05. The Labute approximate surface area is 201 Å². The average Bonchev–Trinajstić information content (AvgIpc) is 3.26. The third-order valence-corrected chi connectivity index (χ3v) is 6.56. The van der Waals surface area contributed by atoms with E-state index in [2.05, 4.69) is 99.6 Å². The molecule has 5 aromatic rings. The standard InChI is InChI=1S/C30H29BO3/c1-5-30(2,3)34-31(32-4)24-14-9-12-22(20-24)21-11-8-13-23(19-21)25-16-10-17-27-26-15-6-7-18-28(26)33-29(25)27/h6-20H,5H2,1-4H3. The Kier molecular flexibility index (Phi) is 6.03. The molecule has 4 aromatic carbocycles. The van der Waals surface area contributed by atoms with E-state index in [0.29, 0.717) is 0 Å². The third kappa shape index (κ3) is 4.27. The quantitative estimate of drug-likeness (QED) is 0.242. The van der Waals surface area contributed by atoms with Crippen molar-refractivity contribution in [2.75, 3.05) is 7.11 Å². The minimum atomic E-state index is -0.414. The summed E-state index contributed by atoms with van der Waals surface area (Å²) in [5.74, 6) is 0. The maximum atomic E-state index is 6.27. The highest BCUT2D eigenvalue weighted by molar-refractivity contribution is 6.61. The van der Waals surface area contributed by atoms with Gasteiger partial charge >= 0.3 is 7.12 Å². The number of hydrogen-bond donors (Lipinski definition) is 0. The molecule has 0 spiro atoms. The average molecular weight is 448 g/mol. The minimum absolute atomic E-state index is 0.262. The molecule has 34 heavy (non-hydrogen) atoms. The van der Waals surface area contributed by atoms with Gasteiger partial charge in [0.25, 0.3) is 0 Å². The van der Waals surface area contributed by atoms with Crippen LogP contribution in [0.4, 0.5) is 0 Å². The van der Waals surface area contributed by atoms with Gasteiger partial charge in [0.1, 0.15) is 11.2 Å². The molecule has 3 nitrogen and oxygen atoms in total. The Balaban J connectivity index is 1.54. The summed E-state index contributed by atoms with van der Waals surface area (Å²) in [6.45, 7) is 6.30. The van der Waals surface area contributed by atoms with Gasteiger partial charge in [0.05, 0.1) is 0 Å². The predicted octanol–water partition coefficient (Wildman–Crippen LogP) is 7.47. The van der Waals surface area contributed by atoms with Crippen LogP contribution in [-0.4, -0.2) is 19.8 Å². The molecule has 5 rings (SSSR count). The molecule has 0 bridgehead atoms. The molecule has 0 saturated carbocycles. The lowest BCUT2D eigenvalue weighted by atomic mass is 9.76. The summed E-state index contributed by atoms with van der Waals surface area (Å²) in [5, 5.41) is 2.28. The molecule has 0 aliphatic carbocycles. The summed E-state index contributed by atoms with van der Waals surface area (Å²) >= 11 is 0. The van der Waals surface area contributed by atoms with Crippen molar-refractivity contribution < 1.29 is 13.7 Å². The van der Waals surface area contributed by atoms with Crippen LogP contribution in [0.3, 0.4) is 0 Å². The van der Waals surface area contributed by atoms with Gasteiger partial charge in [0.2, 0.25) is 0 Å². The van der Waals surface area contributed by atoms with Crippen molar-refractivity contribution in [3.8, 4) is 22.3 Å². The topological polar surface area (TPSA) is 31.6 Å². The normalized spacial score (nSPS) is 11.9. The van der Waals surface area contributed by atoms with Gasteiger partial charge in [-0.1, -0.05) is 85.8 Å². The van der Waals surface area contributed by atoms with E-state index in [0.717, 1.165) is 56.1 Å². The number of para-hydroxylation sites is 2. The summed E-state index contributed by atoms with van der Waals surface area (Å²) in [7, 11) is 1.28. The molecule has 0 fully saturated rings. The Hall–Kier alpha value is -3.34. The fraction of sp³-hybridized carbons (Fsp3) is 0.200. The molecular formula is C30H29BO3. The molecule has 0 saturated heterocycles. The molecule has 0 atom stereocenters. The molecule has 0 amide bonds. The van der Waals surface area contributed by atoms with E-state index in [1.54, 1.807) is 7.11 Å². The van der Waals surface area contributed by atoms with E-state index in [-0.39, 0.29) is 5.60 Å². The Morgan fingerprint density at radius 3 is 2.24 bits per heavy atom. The lowest BCUT2D eigenvalue weighted by Crippen LogP contribution is -2.43. The summed E-state index contributed by atoms with van der Waals surface area (Å²) < 4.78 is 18.2. The predicted molar refractivity (Wildman–Crippen MR) is 142 cm³/mol. The minimum Gasteiger partial charge on any atom is -0.455 e. The first-order valence-corrected chi connectivity index (χ1v) is 11.8. The van der Waals surface area contributed by atoms with Gasteiger partial charge in [-0.25, -0.2) is 0 Å². The van der Waals surface area contributed by atoms with E-state index < -0.39 is 7.12 Å². The van der Waals surface area contributed by atoms with Crippen LogP contribution < -0.4 is 5.46 Å². The molecule has 0 radical (unpaired) electrons. The number of rotatable bonds is 7. The highest BCUT2D eigenvalue weighted by Gasteiger charge is 2.28. The number of benzene rings is 4.